The molecule has 6 heteroatoms. The maximum Gasteiger partial charge on any atom is 0.433 e. The van der Waals surface area contributed by atoms with Gasteiger partial charge in [-0.3, -0.25) is 9.78 Å². The summed E-state index contributed by atoms with van der Waals surface area (Å²) in [6.45, 7) is 1.62. The number of carbonyl (C=O) groups excluding carboxylic acids is 1. The van der Waals surface area contributed by atoms with E-state index in [1.54, 1.807) is 6.92 Å². The van der Waals surface area contributed by atoms with Gasteiger partial charge in [0.2, 0.25) is 0 Å². The SMILES string of the molecule is C[C@H](N[C]=O)c1ccc(C(F)(F)F)nc1. The van der Waals surface area contributed by atoms with Gasteiger partial charge in [0.15, 0.2) is 0 Å². The number of halogens is 3. The molecular weight excluding hydrogens is 209 g/mol. The number of hydrogen-bond donors (Lipinski definition) is 1. The van der Waals surface area contributed by atoms with Crippen molar-refractivity contribution in [2.45, 2.75) is 19.1 Å². The summed E-state index contributed by atoms with van der Waals surface area (Å²) in [6.07, 6.45) is -1.90. The molecule has 3 nitrogen and oxygen atoms in total. The Bertz CT molecular complexity index is 334. The van der Waals surface area contributed by atoms with Crippen LogP contribution in [0, 0.1) is 0 Å². The second kappa shape index (κ2) is 4.29. The standard InChI is InChI=1S/C9H8F3N2O/c1-6(14-5-15)7-2-3-8(13-4-7)9(10,11)12/h2-4,6H,1H3,(H,14,15)/t6-/m0/s1. The van der Waals surface area contributed by atoms with Crippen LogP contribution in [-0.2, 0) is 11.0 Å². The summed E-state index contributed by atoms with van der Waals surface area (Å²) in [5.41, 5.74) is -0.458. The number of rotatable bonds is 3. The number of pyridine rings is 1. The van der Waals surface area contributed by atoms with Crippen LogP contribution >= 0.6 is 0 Å². The number of amides is 1. The lowest BCUT2D eigenvalue weighted by molar-refractivity contribution is -0.141. The number of hydrogen-bond acceptors (Lipinski definition) is 2. The second-order valence-electron chi connectivity index (χ2n) is 2.94. The molecule has 0 aliphatic carbocycles. The summed E-state index contributed by atoms with van der Waals surface area (Å²) >= 11 is 0. The van der Waals surface area contributed by atoms with Crippen LogP contribution in [0.3, 0.4) is 0 Å². The lowest BCUT2D eigenvalue weighted by Crippen LogP contribution is -2.17. The Hall–Kier alpha value is -1.59. The molecule has 15 heavy (non-hydrogen) atoms. The zero-order valence-corrected chi connectivity index (χ0v) is 7.80. The minimum Gasteiger partial charge on any atom is -0.341 e. The summed E-state index contributed by atoms with van der Waals surface area (Å²) in [4.78, 5) is 13.2. The molecule has 0 aliphatic rings. The molecule has 0 spiro atoms. The van der Waals surface area contributed by atoms with Crippen molar-refractivity contribution < 1.29 is 18.0 Å². The minimum atomic E-state index is -4.44. The maximum absolute atomic E-state index is 12.1. The number of alkyl halides is 3. The first-order valence-corrected chi connectivity index (χ1v) is 4.11. The van der Waals surface area contributed by atoms with Crippen LogP contribution in [-0.4, -0.2) is 11.4 Å². The highest BCUT2D eigenvalue weighted by molar-refractivity contribution is 5.48. The van der Waals surface area contributed by atoms with E-state index in [4.69, 9.17) is 0 Å². The third-order valence-electron chi connectivity index (χ3n) is 1.85. The molecule has 1 radical (unpaired) electrons. The van der Waals surface area contributed by atoms with E-state index in [1.165, 1.54) is 12.5 Å². The van der Waals surface area contributed by atoms with Crippen LogP contribution in [0.1, 0.15) is 24.2 Å². The predicted molar refractivity (Wildman–Crippen MR) is 46.5 cm³/mol. The Morgan fingerprint density at radius 2 is 2.13 bits per heavy atom. The monoisotopic (exact) mass is 217 g/mol. The topological polar surface area (TPSA) is 42.0 Å². The first-order valence-electron chi connectivity index (χ1n) is 4.11. The van der Waals surface area contributed by atoms with Crippen molar-refractivity contribution in [2.24, 2.45) is 0 Å². The quantitative estimate of drug-likeness (QED) is 0.784. The highest BCUT2D eigenvalue weighted by Gasteiger charge is 2.32. The smallest absolute Gasteiger partial charge is 0.341 e. The molecule has 0 saturated heterocycles. The van der Waals surface area contributed by atoms with E-state index in [9.17, 15) is 18.0 Å². The summed E-state index contributed by atoms with van der Waals surface area (Å²) in [5, 5.41) is 2.29. The Kier molecular flexibility index (Phi) is 3.28. The van der Waals surface area contributed by atoms with Crippen LogP contribution < -0.4 is 5.32 Å². The van der Waals surface area contributed by atoms with E-state index < -0.39 is 17.9 Å². The zero-order chi connectivity index (χ0) is 11.5. The van der Waals surface area contributed by atoms with E-state index in [0.717, 1.165) is 12.3 Å². The van der Waals surface area contributed by atoms with Gasteiger partial charge >= 0.3 is 12.6 Å². The molecule has 1 atom stereocenters. The van der Waals surface area contributed by atoms with Crippen molar-refractivity contribution in [1.82, 2.24) is 10.3 Å². The molecule has 1 N–H and O–H groups in total. The third-order valence-corrected chi connectivity index (χ3v) is 1.85. The van der Waals surface area contributed by atoms with Gasteiger partial charge in [0, 0.05) is 6.20 Å². The van der Waals surface area contributed by atoms with Crippen LogP contribution in [0.4, 0.5) is 13.2 Å². The lowest BCUT2D eigenvalue weighted by atomic mass is 10.1. The molecule has 1 rings (SSSR count). The number of aromatic nitrogens is 1. The van der Waals surface area contributed by atoms with Crippen LogP contribution in [0.15, 0.2) is 18.3 Å². The van der Waals surface area contributed by atoms with Crippen LogP contribution in [0.2, 0.25) is 0 Å². The molecule has 1 aromatic rings. The van der Waals surface area contributed by atoms with Gasteiger partial charge in [-0.05, 0) is 18.6 Å². The van der Waals surface area contributed by atoms with Gasteiger partial charge in [0.05, 0.1) is 6.04 Å². The van der Waals surface area contributed by atoms with Crippen molar-refractivity contribution in [1.29, 1.82) is 0 Å². The lowest BCUT2D eigenvalue weighted by Gasteiger charge is -2.10. The fourth-order valence-electron chi connectivity index (χ4n) is 1.00. The molecular formula is C9H8F3N2O. The summed E-state index contributed by atoms with van der Waals surface area (Å²) in [7, 11) is 0. The molecule has 0 unspecified atom stereocenters. The van der Waals surface area contributed by atoms with E-state index in [1.807, 2.05) is 0 Å². The maximum atomic E-state index is 12.1. The summed E-state index contributed by atoms with van der Waals surface area (Å²) < 4.78 is 36.4. The zero-order valence-electron chi connectivity index (χ0n) is 7.80. The Morgan fingerprint density at radius 3 is 2.53 bits per heavy atom. The van der Waals surface area contributed by atoms with Gasteiger partial charge in [-0.1, -0.05) is 6.07 Å². The van der Waals surface area contributed by atoms with E-state index in [0.29, 0.717) is 5.56 Å². The second-order valence-corrected chi connectivity index (χ2v) is 2.94. The summed E-state index contributed by atoms with van der Waals surface area (Å²) in [5.74, 6) is 0. The molecule has 0 bridgehead atoms. The fraction of sp³-hybridized carbons (Fsp3) is 0.333. The van der Waals surface area contributed by atoms with Gasteiger partial charge in [0.1, 0.15) is 5.69 Å². The molecule has 0 saturated carbocycles. The molecule has 1 aromatic heterocycles. The van der Waals surface area contributed by atoms with Crippen molar-refractivity contribution in [3.8, 4) is 0 Å². The van der Waals surface area contributed by atoms with Gasteiger partial charge in [0.25, 0.3) is 0 Å². The predicted octanol–water partition coefficient (Wildman–Crippen LogP) is 1.82. The first-order chi connectivity index (χ1) is 6.95. The molecule has 81 valence electrons. The average Bonchev–Trinajstić information content (AvgIpc) is 2.17. The van der Waals surface area contributed by atoms with Gasteiger partial charge in [-0.2, -0.15) is 13.2 Å². The number of nitrogens with zero attached hydrogens (tertiary/aromatic N) is 1. The van der Waals surface area contributed by atoms with Gasteiger partial charge in [-0.25, -0.2) is 0 Å². The van der Waals surface area contributed by atoms with Gasteiger partial charge < -0.3 is 5.32 Å². The average molecular weight is 217 g/mol. The van der Waals surface area contributed by atoms with Crippen molar-refractivity contribution in [3.05, 3.63) is 29.6 Å². The molecule has 0 aromatic carbocycles. The van der Waals surface area contributed by atoms with Gasteiger partial charge in [-0.15, -0.1) is 0 Å². The fourth-order valence-corrected chi connectivity index (χ4v) is 1.00. The molecule has 1 amide bonds. The minimum absolute atomic E-state index is 0.405. The van der Waals surface area contributed by atoms with E-state index in [-0.39, 0.29) is 0 Å². The number of nitrogens with one attached hydrogen (secondary N) is 1. The Labute approximate surface area is 84.3 Å². The largest absolute Gasteiger partial charge is 0.433 e. The van der Waals surface area contributed by atoms with E-state index in [2.05, 4.69) is 10.3 Å². The molecule has 0 aliphatic heterocycles. The molecule has 0 fully saturated rings. The van der Waals surface area contributed by atoms with Crippen molar-refractivity contribution in [3.63, 3.8) is 0 Å². The van der Waals surface area contributed by atoms with Crippen LogP contribution in [0.25, 0.3) is 0 Å². The molecule has 1 heterocycles. The Balaban J connectivity index is 2.85. The normalized spacial score (nSPS) is 13.3. The first kappa shape index (κ1) is 11.5. The third kappa shape index (κ3) is 2.93. The van der Waals surface area contributed by atoms with Crippen LogP contribution in [0.5, 0.6) is 0 Å². The Morgan fingerprint density at radius 1 is 1.47 bits per heavy atom. The summed E-state index contributed by atoms with van der Waals surface area (Å²) in [6, 6.07) is 1.74. The highest BCUT2D eigenvalue weighted by atomic mass is 19.4. The van der Waals surface area contributed by atoms with E-state index >= 15 is 0 Å². The van der Waals surface area contributed by atoms with Crippen molar-refractivity contribution >= 4 is 6.41 Å². The van der Waals surface area contributed by atoms with Crippen molar-refractivity contribution in [2.75, 3.05) is 0 Å². The highest BCUT2D eigenvalue weighted by Crippen LogP contribution is 2.27.